The number of fused-ring (bicyclic) bond motifs is 2. The number of carbonyl (C=O) groups is 10. The maximum Gasteiger partial charge on any atom is 0.262 e. The molecule has 6 unspecified atom stereocenters. The molecule has 750 valence electrons. The number of carbonyl (C=O) groups excluding carboxylic acids is 10. The molecule has 14 aromatic carbocycles. The Morgan fingerprint density at radius 2 is 0.595 bits per heavy atom. The molecule has 7 aliphatic rings. The van der Waals surface area contributed by atoms with Gasteiger partial charge in [0, 0.05) is 140 Å². The summed E-state index contributed by atoms with van der Waals surface area (Å²) in [5, 5.41) is 12.3. The van der Waals surface area contributed by atoms with Crippen molar-refractivity contribution in [1.82, 2.24) is 40.9 Å². The lowest BCUT2D eigenvalue weighted by Crippen LogP contribution is -2.56. The number of benzene rings is 14. The van der Waals surface area contributed by atoms with Gasteiger partial charge in [0.1, 0.15) is 75.3 Å². The maximum atomic E-state index is 17.7. The molecule has 6 aliphatic heterocycles. The second kappa shape index (κ2) is 42.9. The van der Waals surface area contributed by atoms with Crippen LogP contribution in [0.4, 0.5) is 0 Å². The minimum atomic E-state index is -1.74. The van der Waals surface area contributed by atoms with E-state index >= 15 is 28.8 Å². The summed E-state index contributed by atoms with van der Waals surface area (Å²) in [7, 11) is 6.32. The summed E-state index contributed by atoms with van der Waals surface area (Å²) in [6, 6.07) is 71.7. The molecule has 4 saturated heterocycles. The quantitative estimate of drug-likeness (QED) is 0.0119. The van der Waals surface area contributed by atoms with E-state index in [1.807, 2.05) is 121 Å². The van der Waals surface area contributed by atoms with Crippen LogP contribution >= 0.6 is 0 Å². The van der Waals surface area contributed by atoms with Crippen LogP contribution in [0.2, 0.25) is 0 Å². The van der Waals surface area contributed by atoms with Crippen molar-refractivity contribution >= 4 is 108 Å². The summed E-state index contributed by atoms with van der Waals surface area (Å²) in [6.07, 6.45) is 2.97. The highest BCUT2D eigenvalue weighted by Gasteiger charge is 2.49. The van der Waals surface area contributed by atoms with E-state index in [1.165, 1.54) is 34.1 Å². The lowest BCUT2D eigenvalue weighted by Gasteiger charge is -2.38. The molecule has 14 aromatic rings. The van der Waals surface area contributed by atoms with E-state index in [2.05, 4.69) is 27.3 Å². The Balaban J connectivity index is 0.858. The van der Waals surface area contributed by atoms with Crippen LogP contribution in [-0.2, 0) is 65.3 Å². The van der Waals surface area contributed by atoms with E-state index in [-0.39, 0.29) is 227 Å². The van der Waals surface area contributed by atoms with Crippen LogP contribution in [-0.4, -0.2) is 222 Å². The highest BCUT2D eigenvalue weighted by atomic mass is 16.6. The average molecular weight is 1990 g/mol. The van der Waals surface area contributed by atoms with Gasteiger partial charge in [0.25, 0.3) is 23.6 Å². The maximum absolute atomic E-state index is 17.7. The van der Waals surface area contributed by atoms with E-state index in [1.54, 1.807) is 144 Å². The van der Waals surface area contributed by atoms with Gasteiger partial charge in [-0.1, -0.05) is 152 Å². The molecule has 30 heteroatoms. The van der Waals surface area contributed by atoms with Gasteiger partial charge in [0.15, 0.2) is 0 Å². The van der Waals surface area contributed by atoms with E-state index in [9.17, 15) is 19.2 Å². The van der Waals surface area contributed by atoms with Crippen LogP contribution in [0, 0.1) is 0 Å². The number of epoxide rings is 4. The van der Waals surface area contributed by atoms with E-state index in [0.717, 1.165) is 37.8 Å². The monoisotopic (exact) mass is 1990 g/mol. The predicted molar refractivity (Wildman–Crippen MR) is 553 cm³/mol. The van der Waals surface area contributed by atoms with Gasteiger partial charge in [-0.15, -0.1) is 0 Å². The fraction of sp³-hybridized carbons (Fsp3) is 0.254. The molecule has 0 saturated carbocycles. The van der Waals surface area contributed by atoms with Gasteiger partial charge < -0.3 is 87.9 Å². The molecule has 6 heterocycles. The number of imide groups is 2. The highest BCUT2D eigenvalue weighted by Crippen LogP contribution is 2.59. The molecule has 0 spiro atoms. The summed E-state index contributed by atoms with van der Waals surface area (Å²) in [4.78, 5) is 165. The molecule has 10 amide bonds. The zero-order valence-corrected chi connectivity index (χ0v) is 81.8. The van der Waals surface area contributed by atoms with Crippen molar-refractivity contribution in [3.05, 3.63) is 312 Å². The molecule has 4 fully saturated rings. The van der Waals surface area contributed by atoms with Gasteiger partial charge in [-0.3, -0.25) is 57.7 Å². The van der Waals surface area contributed by atoms with Gasteiger partial charge in [0.05, 0.1) is 107 Å². The number of rotatable bonds is 44. The van der Waals surface area contributed by atoms with Crippen LogP contribution in [0.5, 0.6) is 63.2 Å². The van der Waals surface area contributed by atoms with Crippen molar-refractivity contribution in [3.63, 3.8) is 0 Å². The molecule has 0 radical (unpaired) electrons. The Kier molecular flexibility index (Phi) is 28.2. The molecule has 148 heavy (non-hydrogen) atoms. The normalized spacial score (nSPS) is 16.6. The zero-order chi connectivity index (χ0) is 102. The third kappa shape index (κ3) is 21.4. The lowest BCUT2D eigenvalue weighted by molar-refractivity contribution is -0.138. The summed E-state index contributed by atoms with van der Waals surface area (Å²) < 4.78 is 75.9. The first-order valence-corrected chi connectivity index (χ1v) is 49.5. The molecular weight excluding hydrogens is 1880 g/mol. The number of amides is 10. The summed E-state index contributed by atoms with van der Waals surface area (Å²) in [5.41, 5.74) is 5.99. The topological polar surface area (TPSA) is 356 Å². The zero-order valence-electron chi connectivity index (χ0n) is 81.8. The van der Waals surface area contributed by atoms with Gasteiger partial charge >= 0.3 is 0 Å². The Morgan fingerprint density at radius 1 is 0.324 bits per heavy atom. The van der Waals surface area contributed by atoms with Gasteiger partial charge in [-0.05, 0) is 177 Å². The van der Waals surface area contributed by atoms with E-state index in [0.29, 0.717) is 89.9 Å². The Morgan fingerprint density at radius 3 is 0.872 bits per heavy atom. The van der Waals surface area contributed by atoms with Gasteiger partial charge in [0.2, 0.25) is 35.4 Å². The van der Waals surface area contributed by atoms with Crippen molar-refractivity contribution in [2.45, 2.75) is 87.9 Å². The molecule has 6 atom stereocenters. The summed E-state index contributed by atoms with van der Waals surface area (Å²) in [5.74, 6) is -4.34. The first-order valence-electron chi connectivity index (χ1n) is 49.5. The van der Waals surface area contributed by atoms with Crippen molar-refractivity contribution in [2.24, 2.45) is 0 Å². The fourth-order valence-corrected chi connectivity index (χ4v) is 19.6. The fourth-order valence-electron chi connectivity index (χ4n) is 19.6. The van der Waals surface area contributed by atoms with Gasteiger partial charge in [-0.25, -0.2) is 0 Å². The van der Waals surface area contributed by atoms with E-state index in [4.69, 9.17) is 56.8 Å². The molecule has 21 rings (SSSR count). The third-order valence-electron chi connectivity index (χ3n) is 27.6. The van der Waals surface area contributed by atoms with Crippen LogP contribution in [0.25, 0.3) is 82.0 Å². The molecule has 30 nitrogen and oxygen atoms in total. The second-order valence-electron chi connectivity index (χ2n) is 37.5. The van der Waals surface area contributed by atoms with Crippen LogP contribution in [0.1, 0.15) is 96.6 Å². The molecular formula is C118H106N8O22. The van der Waals surface area contributed by atoms with Crippen molar-refractivity contribution < 1.29 is 105 Å². The molecule has 4 N–H and O–H groups in total. The van der Waals surface area contributed by atoms with Crippen molar-refractivity contribution in [1.29, 1.82) is 0 Å². The van der Waals surface area contributed by atoms with Gasteiger partial charge in [-0.2, -0.15) is 0 Å². The van der Waals surface area contributed by atoms with Crippen molar-refractivity contribution in [3.8, 4) is 96.6 Å². The number of hydrogen-bond acceptors (Lipinski definition) is 22. The number of methoxy groups -OCH3 is 4. The average Bonchev–Trinajstić information content (AvgIpc) is 0.978. The summed E-state index contributed by atoms with van der Waals surface area (Å²) >= 11 is 0. The Bertz CT molecular complexity index is 7560. The van der Waals surface area contributed by atoms with Crippen LogP contribution in [0.3, 0.4) is 0 Å². The minimum Gasteiger partial charge on any atom is -0.501 e. The molecule has 0 bridgehead atoms. The van der Waals surface area contributed by atoms with Crippen LogP contribution in [0.15, 0.2) is 273 Å². The Hall–Kier alpha value is -16.8. The number of hydrogen-bond donors (Lipinski definition) is 4. The highest BCUT2D eigenvalue weighted by molar-refractivity contribution is 6.45. The minimum absolute atomic E-state index is 0.0125. The largest absolute Gasteiger partial charge is 0.501 e. The molecule has 0 aromatic heterocycles. The third-order valence-corrected chi connectivity index (χ3v) is 27.6. The number of allylic oxidation sites excluding steroid dienone is 4. The standard InChI is InChI=1S/C118H106N8O22/c1-137-79-31-11-23-71(49-79)75-27-15-35-83(53-75)145-97-57-91-105-92(114(132)125(113(91)131)95(47-69-19-7-5-8-20-69)117(135)123(43-39-101(127)119-61-87-65-141-87)44-40-102(128)120-62-88-66-142-88)59-99(147-85-37-17-29-77(55-85)73-25-13-33-81(51-73)139-3)109-110-100(148-86-38-18-30-78(56-86)74-26-14-34-82(52-74)140-4)60-94-106-93(58-98(108(112(106)110)107(97)111(105)109)146-84-36-16-28-76(54-84)72-24-12-32-80(50-72)138-2)115(133)126(116(94)134)96(48-70-21-9-6-10-22-70)118(136)124(45-41-103(129)121-63-89-67-143-89)46-42-104(130)122-64-90-68-144-90/h5-13,15-33,35-38,49-60,87-90,95-96H,14,34,39-48,61-68H2,1-4H3,(H,119,127)(H,120,128)(H,121,129)(H,122,130). The number of ether oxygens (including phenoxy) is 12. The van der Waals surface area contributed by atoms with E-state index < -0.39 is 71.2 Å². The first kappa shape index (κ1) is 97.3. The number of nitrogens with zero attached hydrogens (tertiary/aromatic N) is 4. The molecule has 1 aliphatic carbocycles. The SMILES string of the molecule is COC1=CC(c2cccc(Oc3cc4c5c(cc(Oc6cccc(-c7cccc(OC)c7)c6)c6c7c(Oc8cccc(-c9cccc(OC)c9)c8)cc8c9c(cc(Oc%10cccc(-c%11cccc(OC)c%11)c%10)c(c3c56)c97)C(=O)N(C(Cc3ccccc3)C(=O)N(CCC(=O)NCC3CO3)CCC(=O)NCC3CO3)C8=O)C(=O)N(C(Cc3ccccc3)C(=O)N(CCC(=O)NCC3CO3)CCC(=O)NCC3CO3)C4=O)c2)=CCC1. The second-order valence-corrected chi connectivity index (χ2v) is 37.5. The smallest absolute Gasteiger partial charge is 0.262 e. The van der Waals surface area contributed by atoms with Crippen molar-refractivity contribution in [2.75, 3.05) is 107 Å². The lowest BCUT2D eigenvalue weighted by atomic mass is 9.80. The summed E-state index contributed by atoms with van der Waals surface area (Å²) in [6.45, 7) is 1.62. The van der Waals surface area contributed by atoms with Crippen LogP contribution < -0.4 is 54.4 Å². The number of nitrogens with one attached hydrogen (secondary N) is 4. The Labute approximate surface area is 852 Å². The predicted octanol–water partition coefficient (Wildman–Crippen LogP) is 17.3. The first-order chi connectivity index (χ1) is 72.2.